The van der Waals surface area contributed by atoms with Crippen LogP contribution in [0.1, 0.15) is 24.0 Å². The second kappa shape index (κ2) is 11.0. The topological polar surface area (TPSA) is 73.5 Å². The lowest BCUT2D eigenvalue weighted by atomic mass is 9.96. The van der Waals surface area contributed by atoms with E-state index in [4.69, 9.17) is 11.6 Å². The van der Waals surface area contributed by atoms with E-state index in [0.29, 0.717) is 18.2 Å². The number of anilines is 1. The minimum atomic E-state index is -0.385. The number of piperidine rings is 1. The maximum Gasteiger partial charge on any atom is 0.319 e. The van der Waals surface area contributed by atoms with Crippen LogP contribution in [0.15, 0.2) is 48.5 Å². The van der Waals surface area contributed by atoms with Crippen molar-refractivity contribution in [3.8, 4) is 0 Å². The van der Waals surface area contributed by atoms with Gasteiger partial charge < -0.3 is 16.0 Å². The number of urea groups is 1. The largest absolute Gasteiger partial charge is 0.354 e. The summed E-state index contributed by atoms with van der Waals surface area (Å²) in [4.78, 5) is 26.4. The molecule has 1 heterocycles. The molecule has 0 saturated carbocycles. The van der Waals surface area contributed by atoms with E-state index in [2.05, 4.69) is 33.0 Å². The van der Waals surface area contributed by atoms with Crippen molar-refractivity contribution in [2.75, 3.05) is 31.5 Å². The molecular formula is C23H29ClN4O2. The summed E-state index contributed by atoms with van der Waals surface area (Å²) in [6.07, 6.45) is 2.10. The number of hydrogen-bond donors (Lipinski definition) is 3. The first kappa shape index (κ1) is 22.1. The molecule has 0 bridgehead atoms. The lowest BCUT2D eigenvalue weighted by Crippen LogP contribution is -2.42. The van der Waals surface area contributed by atoms with Gasteiger partial charge in [-0.05, 0) is 68.6 Å². The molecule has 30 heavy (non-hydrogen) atoms. The van der Waals surface area contributed by atoms with Crippen molar-refractivity contribution in [1.82, 2.24) is 15.5 Å². The zero-order chi connectivity index (χ0) is 21.3. The lowest BCUT2D eigenvalue weighted by Gasteiger charge is -2.32. The smallest absolute Gasteiger partial charge is 0.319 e. The zero-order valence-electron chi connectivity index (χ0n) is 17.3. The number of rotatable bonds is 7. The Kier molecular flexibility index (Phi) is 8.11. The summed E-state index contributed by atoms with van der Waals surface area (Å²) in [6, 6.07) is 15.1. The third kappa shape index (κ3) is 7.35. The van der Waals surface area contributed by atoms with Crippen molar-refractivity contribution in [1.29, 1.82) is 0 Å². The highest BCUT2D eigenvalue weighted by atomic mass is 35.5. The normalized spacial score (nSPS) is 14.9. The van der Waals surface area contributed by atoms with E-state index in [9.17, 15) is 9.59 Å². The van der Waals surface area contributed by atoms with Gasteiger partial charge in [-0.2, -0.15) is 0 Å². The van der Waals surface area contributed by atoms with Gasteiger partial charge >= 0.3 is 6.03 Å². The van der Waals surface area contributed by atoms with Crippen LogP contribution in [0.3, 0.4) is 0 Å². The Balaban J connectivity index is 1.29. The molecule has 2 aromatic rings. The minimum absolute atomic E-state index is 0.0346. The summed E-state index contributed by atoms with van der Waals surface area (Å²) < 4.78 is 0. The molecule has 1 aliphatic heterocycles. The molecule has 3 rings (SSSR count). The van der Waals surface area contributed by atoms with E-state index < -0.39 is 0 Å². The molecule has 2 aromatic carbocycles. The van der Waals surface area contributed by atoms with Gasteiger partial charge in [0.1, 0.15) is 0 Å². The van der Waals surface area contributed by atoms with Gasteiger partial charge in [-0.15, -0.1) is 0 Å². The number of benzene rings is 2. The van der Waals surface area contributed by atoms with Crippen LogP contribution in [0, 0.1) is 12.8 Å². The van der Waals surface area contributed by atoms with Crippen LogP contribution in [0.25, 0.3) is 0 Å². The van der Waals surface area contributed by atoms with Gasteiger partial charge in [-0.3, -0.25) is 9.69 Å². The van der Waals surface area contributed by atoms with Crippen molar-refractivity contribution in [3.63, 3.8) is 0 Å². The number of halogens is 1. The van der Waals surface area contributed by atoms with E-state index in [-0.39, 0.29) is 18.5 Å². The number of hydrogen-bond acceptors (Lipinski definition) is 3. The number of likely N-dealkylation sites (tertiary alicyclic amines) is 1. The molecule has 0 atom stereocenters. The molecule has 6 nitrogen and oxygen atoms in total. The Labute approximate surface area is 183 Å². The molecule has 3 N–H and O–H groups in total. The standard InChI is InChI=1S/C23H29ClN4O2/c1-17-2-8-21(9-3-17)27-23(30)26-15-22(29)25-14-18-10-12-28(13-11-18)16-19-4-6-20(24)7-5-19/h2-9,18H,10-16H2,1H3,(H,25,29)(H2,26,27,30). The number of nitrogens with one attached hydrogen (secondary N) is 3. The first-order valence-electron chi connectivity index (χ1n) is 10.3. The van der Waals surface area contributed by atoms with Crippen molar-refractivity contribution in [2.24, 2.45) is 5.92 Å². The van der Waals surface area contributed by atoms with Gasteiger partial charge in [0, 0.05) is 23.8 Å². The summed E-state index contributed by atoms with van der Waals surface area (Å²) in [6.45, 7) is 5.55. The van der Waals surface area contributed by atoms with Crippen molar-refractivity contribution in [2.45, 2.75) is 26.3 Å². The van der Waals surface area contributed by atoms with Gasteiger partial charge in [0.25, 0.3) is 0 Å². The fourth-order valence-electron chi connectivity index (χ4n) is 3.49. The molecule has 0 aromatic heterocycles. The van der Waals surface area contributed by atoms with Crippen LogP contribution in [0.5, 0.6) is 0 Å². The molecule has 0 spiro atoms. The number of amides is 3. The molecule has 0 unspecified atom stereocenters. The fraction of sp³-hybridized carbons (Fsp3) is 0.391. The summed E-state index contributed by atoms with van der Waals surface area (Å²) >= 11 is 5.94. The number of nitrogens with zero attached hydrogens (tertiary/aromatic N) is 1. The molecule has 160 valence electrons. The third-order valence-corrected chi connectivity index (χ3v) is 5.59. The zero-order valence-corrected chi connectivity index (χ0v) is 18.0. The molecule has 0 radical (unpaired) electrons. The van der Waals surface area contributed by atoms with Crippen LogP contribution in [0.2, 0.25) is 5.02 Å². The predicted octanol–water partition coefficient (Wildman–Crippen LogP) is 3.80. The Bertz CT molecular complexity index is 831. The average Bonchev–Trinajstić information content (AvgIpc) is 2.75. The van der Waals surface area contributed by atoms with Crippen molar-refractivity contribution < 1.29 is 9.59 Å². The van der Waals surface area contributed by atoms with Crippen LogP contribution >= 0.6 is 11.6 Å². The SMILES string of the molecule is Cc1ccc(NC(=O)NCC(=O)NCC2CCN(Cc3ccc(Cl)cc3)CC2)cc1. The predicted molar refractivity (Wildman–Crippen MR) is 121 cm³/mol. The molecule has 3 amide bonds. The van der Waals surface area contributed by atoms with Crippen LogP contribution in [-0.4, -0.2) is 43.0 Å². The van der Waals surface area contributed by atoms with Crippen LogP contribution in [-0.2, 0) is 11.3 Å². The summed E-state index contributed by atoms with van der Waals surface area (Å²) in [5, 5.41) is 9.00. The Morgan fingerprint density at radius 3 is 2.33 bits per heavy atom. The minimum Gasteiger partial charge on any atom is -0.354 e. The van der Waals surface area contributed by atoms with Gasteiger partial charge in [-0.25, -0.2) is 4.79 Å². The maximum absolute atomic E-state index is 12.0. The highest BCUT2D eigenvalue weighted by molar-refractivity contribution is 6.30. The summed E-state index contributed by atoms with van der Waals surface area (Å²) in [5.74, 6) is 0.300. The number of carbonyl (C=O) groups is 2. The van der Waals surface area contributed by atoms with Crippen molar-refractivity contribution in [3.05, 3.63) is 64.7 Å². The Morgan fingerprint density at radius 2 is 1.67 bits per heavy atom. The molecule has 1 saturated heterocycles. The monoisotopic (exact) mass is 428 g/mol. The first-order chi connectivity index (χ1) is 14.5. The number of carbonyl (C=O) groups excluding carboxylic acids is 2. The van der Waals surface area contributed by atoms with E-state index in [1.165, 1.54) is 5.56 Å². The lowest BCUT2D eigenvalue weighted by molar-refractivity contribution is -0.120. The second-order valence-electron chi connectivity index (χ2n) is 7.82. The Morgan fingerprint density at radius 1 is 1.00 bits per heavy atom. The Hall–Kier alpha value is -2.57. The average molecular weight is 429 g/mol. The molecule has 7 heteroatoms. The molecular weight excluding hydrogens is 400 g/mol. The molecule has 1 fully saturated rings. The van der Waals surface area contributed by atoms with Crippen LogP contribution in [0.4, 0.5) is 10.5 Å². The van der Waals surface area contributed by atoms with E-state index in [0.717, 1.165) is 43.1 Å². The van der Waals surface area contributed by atoms with Gasteiger partial charge in [0.2, 0.25) is 5.91 Å². The summed E-state index contributed by atoms with van der Waals surface area (Å²) in [5.41, 5.74) is 3.08. The van der Waals surface area contributed by atoms with Gasteiger partial charge in [-0.1, -0.05) is 41.4 Å². The highest BCUT2D eigenvalue weighted by Crippen LogP contribution is 2.19. The van der Waals surface area contributed by atoms with E-state index >= 15 is 0 Å². The molecule has 1 aliphatic rings. The quantitative estimate of drug-likeness (QED) is 0.628. The van der Waals surface area contributed by atoms with Gasteiger partial charge in [0.05, 0.1) is 6.54 Å². The first-order valence-corrected chi connectivity index (χ1v) is 10.7. The fourth-order valence-corrected chi connectivity index (χ4v) is 3.62. The number of aryl methyl sites for hydroxylation is 1. The second-order valence-corrected chi connectivity index (χ2v) is 8.26. The van der Waals surface area contributed by atoms with E-state index in [1.54, 1.807) is 0 Å². The van der Waals surface area contributed by atoms with Crippen LogP contribution < -0.4 is 16.0 Å². The van der Waals surface area contributed by atoms with Gasteiger partial charge in [0.15, 0.2) is 0 Å². The summed E-state index contributed by atoms with van der Waals surface area (Å²) in [7, 11) is 0. The van der Waals surface area contributed by atoms with E-state index in [1.807, 2.05) is 43.3 Å². The highest BCUT2D eigenvalue weighted by Gasteiger charge is 2.19. The maximum atomic E-state index is 12.0. The van der Waals surface area contributed by atoms with Crippen molar-refractivity contribution >= 4 is 29.2 Å². The molecule has 0 aliphatic carbocycles. The third-order valence-electron chi connectivity index (χ3n) is 5.33.